The molecule has 2 aromatic heterocycles. The number of aliphatic imine (C=N–C) groups is 1. The molecule has 0 bridgehead atoms. The first-order valence-electron chi connectivity index (χ1n) is 7.96. The summed E-state index contributed by atoms with van der Waals surface area (Å²) < 4.78 is 2.41. The largest absolute Gasteiger partial charge is 0.307 e. The zero-order valence-electron chi connectivity index (χ0n) is 14.0. The average Bonchev–Trinajstić information content (AvgIpc) is 2.93. The van der Waals surface area contributed by atoms with E-state index in [1.807, 2.05) is 11.3 Å². The van der Waals surface area contributed by atoms with Crippen LogP contribution in [0.5, 0.6) is 0 Å². The van der Waals surface area contributed by atoms with Crippen LogP contribution in [0.4, 0.5) is 0 Å². The number of aromatic nitrogens is 1. The van der Waals surface area contributed by atoms with Gasteiger partial charge in [0, 0.05) is 27.4 Å². The molecule has 0 saturated heterocycles. The maximum absolute atomic E-state index is 5.01. The van der Waals surface area contributed by atoms with Crippen molar-refractivity contribution in [3.8, 4) is 5.00 Å². The van der Waals surface area contributed by atoms with Crippen molar-refractivity contribution in [2.45, 2.75) is 34.2 Å². The highest BCUT2D eigenvalue weighted by molar-refractivity contribution is 7.15. The van der Waals surface area contributed by atoms with E-state index in [1.165, 1.54) is 43.5 Å². The van der Waals surface area contributed by atoms with E-state index < -0.39 is 0 Å². The molecule has 116 valence electrons. The van der Waals surface area contributed by atoms with Gasteiger partial charge in [0.15, 0.2) is 0 Å². The predicted molar refractivity (Wildman–Crippen MR) is 98.4 cm³/mol. The molecule has 2 nitrogen and oxygen atoms in total. The minimum absolute atomic E-state index is 0.735. The topological polar surface area (TPSA) is 17.3 Å². The van der Waals surface area contributed by atoms with Gasteiger partial charge in [-0.2, -0.15) is 0 Å². The Morgan fingerprint density at radius 1 is 1.04 bits per heavy atom. The molecule has 4 rings (SSSR count). The van der Waals surface area contributed by atoms with Crippen LogP contribution in [0.1, 0.15) is 38.5 Å². The fourth-order valence-electron chi connectivity index (χ4n) is 3.33. The molecular formula is C20H20N2S. The van der Waals surface area contributed by atoms with E-state index in [4.69, 9.17) is 4.99 Å². The average molecular weight is 320 g/mol. The predicted octanol–water partition coefficient (Wildman–Crippen LogP) is 5.12. The maximum Gasteiger partial charge on any atom is 0.110 e. The second-order valence-electron chi connectivity index (χ2n) is 6.23. The summed E-state index contributed by atoms with van der Waals surface area (Å²) in [4.78, 5) is 6.38. The molecule has 1 aliphatic heterocycles. The Labute approximate surface area is 141 Å². The third-order valence-electron chi connectivity index (χ3n) is 4.83. The van der Waals surface area contributed by atoms with Crippen molar-refractivity contribution in [1.29, 1.82) is 0 Å². The lowest BCUT2D eigenvalue weighted by atomic mass is 10.00. The van der Waals surface area contributed by atoms with Gasteiger partial charge in [-0.05, 0) is 44.9 Å². The number of thiophene rings is 1. The minimum Gasteiger partial charge on any atom is -0.307 e. The Hall–Kier alpha value is -2.13. The maximum atomic E-state index is 5.01. The molecule has 0 radical (unpaired) electrons. The van der Waals surface area contributed by atoms with Gasteiger partial charge in [0.2, 0.25) is 0 Å². The molecule has 0 unspecified atom stereocenters. The number of aryl methyl sites for hydroxylation is 2. The van der Waals surface area contributed by atoms with E-state index in [0.29, 0.717) is 0 Å². The van der Waals surface area contributed by atoms with Gasteiger partial charge in [0.25, 0.3) is 0 Å². The van der Waals surface area contributed by atoms with Crippen LogP contribution in [0.15, 0.2) is 41.4 Å². The first-order chi connectivity index (χ1) is 11.1. The standard InChI is InChI=1S/C20H20N2S/c1-12-10-17-11-21-19(16-8-6-5-7-9-16)18-13(2)15(4)23-20(18)22(17)14(12)3/h5-10H,11H2,1-4H3. The first-order valence-corrected chi connectivity index (χ1v) is 8.78. The fraction of sp³-hybridized carbons (Fsp3) is 0.250. The molecular weight excluding hydrogens is 300 g/mol. The minimum atomic E-state index is 0.735. The molecule has 0 N–H and O–H groups in total. The molecule has 0 amide bonds. The van der Waals surface area contributed by atoms with Crippen LogP contribution in [-0.2, 0) is 6.54 Å². The van der Waals surface area contributed by atoms with Gasteiger partial charge in [-0.1, -0.05) is 30.3 Å². The third-order valence-corrected chi connectivity index (χ3v) is 6.02. The smallest absolute Gasteiger partial charge is 0.110 e. The van der Waals surface area contributed by atoms with Crippen molar-refractivity contribution in [2.75, 3.05) is 0 Å². The Morgan fingerprint density at radius 3 is 2.52 bits per heavy atom. The number of fused-ring (bicyclic) bond motifs is 3. The van der Waals surface area contributed by atoms with Crippen molar-refractivity contribution >= 4 is 17.0 Å². The van der Waals surface area contributed by atoms with Crippen molar-refractivity contribution in [3.05, 3.63) is 74.9 Å². The summed E-state index contributed by atoms with van der Waals surface area (Å²) in [5.41, 5.74) is 8.94. The van der Waals surface area contributed by atoms with Crippen LogP contribution in [0.3, 0.4) is 0 Å². The Morgan fingerprint density at radius 2 is 1.78 bits per heavy atom. The highest BCUT2D eigenvalue weighted by Crippen LogP contribution is 2.37. The molecule has 3 heterocycles. The van der Waals surface area contributed by atoms with E-state index in [1.54, 1.807) is 0 Å². The van der Waals surface area contributed by atoms with Gasteiger partial charge in [-0.25, -0.2) is 0 Å². The summed E-state index contributed by atoms with van der Waals surface area (Å²) in [5.74, 6) is 0. The second kappa shape index (κ2) is 5.20. The van der Waals surface area contributed by atoms with Crippen LogP contribution in [-0.4, -0.2) is 10.3 Å². The molecule has 0 saturated carbocycles. The van der Waals surface area contributed by atoms with Gasteiger partial charge >= 0.3 is 0 Å². The highest BCUT2D eigenvalue weighted by Gasteiger charge is 2.25. The van der Waals surface area contributed by atoms with Gasteiger partial charge in [-0.15, -0.1) is 11.3 Å². The lowest BCUT2D eigenvalue weighted by molar-refractivity contribution is 0.908. The molecule has 1 aromatic carbocycles. The van der Waals surface area contributed by atoms with Crippen LogP contribution in [0, 0.1) is 27.7 Å². The summed E-state index contributed by atoms with van der Waals surface area (Å²) in [6, 6.07) is 12.8. The first kappa shape index (κ1) is 14.5. The number of nitrogens with zero attached hydrogens (tertiary/aromatic N) is 2. The number of rotatable bonds is 1. The number of hydrogen-bond acceptors (Lipinski definition) is 2. The summed E-state index contributed by atoms with van der Waals surface area (Å²) in [6.45, 7) is 9.56. The SMILES string of the molecule is Cc1cc2n(c1C)-c1sc(C)c(C)c1C(c1ccccc1)=NC2. The Kier molecular flexibility index (Phi) is 3.27. The zero-order chi connectivity index (χ0) is 16.1. The van der Waals surface area contributed by atoms with Gasteiger partial charge in [0.1, 0.15) is 5.00 Å². The highest BCUT2D eigenvalue weighted by atomic mass is 32.1. The fourth-order valence-corrected chi connectivity index (χ4v) is 4.57. The number of hydrogen-bond donors (Lipinski definition) is 0. The third kappa shape index (κ3) is 2.11. The summed E-state index contributed by atoms with van der Waals surface area (Å²) in [6.07, 6.45) is 0. The van der Waals surface area contributed by atoms with Gasteiger partial charge in [-0.3, -0.25) is 4.99 Å². The summed E-state index contributed by atoms with van der Waals surface area (Å²) >= 11 is 1.88. The molecule has 23 heavy (non-hydrogen) atoms. The number of benzene rings is 1. The van der Waals surface area contributed by atoms with Crippen molar-refractivity contribution in [1.82, 2.24) is 4.57 Å². The monoisotopic (exact) mass is 320 g/mol. The van der Waals surface area contributed by atoms with Gasteiger partial charge < -0.3 is 4.57 Å². The second-order valence-corrected chi connectivity index (χ2v) is 7.44. The molecule has 0 fully saturated rings. The normalized spacial score (nSPS) is 13.3. The Balaban J connectivity index is 2.04. The van der Waals surface area contributed by atoms with Gasteiger partial charge in [0.05, 0.1) is 12.3 Å². The zero-order valence-corrected chi connectivity index (χ0v) is 14.8. The van der Waals surface area contributed by atoms with Crippen LogP contribution >= 0.6 is 11.3 Å². The van der Waals surface area contributed by atoms with Crippen molar-refractivity contribution in [2.24, 2.45) is 4.99 Å². The van der Waals surface area contributed by atoms with Crippen LogP contribution < -0.4 is 0 Å². The van der Waals surface area contributed by atoms with Crippen LogP contribution in [0.2, 0.25) is 0 Å². The lowest BCUT2D eigenvalue weighted by Crippen LogP contribution is -2.06. The molecule has 3 heteroatoms. The summed E-state index contributed by atoms with van der Waals surface area (Å²) in [7, 11) is 0. The quantitative estimate of drug-likeness (QED) is 0.592. The van der Waals surface area contributed by atoms with Crippen molar-refractivity contribution in [3.63, 3.8) is 0 Å². The van der Waals surface area contributed by atoms with E-state index in [0.717, 1.165) is 12.3 Å². The Bertz CT molecular complexity index is 926. The van der Waals surface area contributed by atoms with Crippen molar-refractivity contribution < 1.29 is 0 Å². The van der Waals surface area contributed by atoms with E-state index in [2.05, 4.69) is 68.7 Å². The van der Waals surface area contributed by atoms with E-state index in [9.17, 15) is 0 Å². The molecule has 0 spiro atoms. The molecule has 3 aromatic rings. The van der Waals surface area contributed by atoms with E-state index in [-0.39, 0.29) is 0 Å². The molecule has 1 aliphatic rings. The van der Waals surface area contributed by atoms with E-state index >= 15 is 0 Å². The molecule has 0 aliphatic carbocycles. The molecule has 0 atom stereocenters. The van der Waals surface area contributed by atoms with Crippen LogP contribution in [0.25, 0.3) is 5.00 Å². The lowest BCUT2D eigenvalue weighted by Gasteiger charge is -2.10. The summed E-state index contributed by atoms with van der Waals surface area (Å²) in [5, 5.41) is 1.32.